The van der Waals surface area contributed by atoms with E-state index in [4.69, 9.17) is 11.6 Å². The SMILES string of the molecule is CN(C)c1cc[n+](CC(=O)Nc2ccc(F)cc2Cl)cc1. The maximum atomic E-state index is 12.9. The average Bonchev–Trinajstić information content (AvgIpc) is 2.42. The van der Waals surface area contributed by atoms with E-state index in [-0.39, 0.29) is 17.5 Å². The number of hydrogen-bond acceptors (Lipinski definition) is 2. The molecule has 1 heterocycles. The van der Waals surface area contributed by atoms with Gasteiger partial charge in [-0.3, -0.25) is 4.79 Å². The molecule has 1 N–H and O–H groups in total. The van der Waals surface area contributed by atoms with Crippen LogP contribution in [0.15, 0.2) is 42.7 Å². The van der Waals surface area contributed by atoms with E-state index in [1.165, 1.54) is 12.1 Å². The van der Waals surface area contributed by atoms with Crippen LogP contribution in [0.25, 0.3) is 0 Å². The smallest absolute Gasteiger partial charge is 0.290 e. The third-order valence-electron chi connectivity index (χ3n) is 2.92. The van der Waals surface area contributed by atoms with Gasteiger partial charge in [-0.2, -0.15) is 4.57 Å². The summed E-state index contributed by atoms with van der Waals surface area (Å²) in [6.07, 6.45) is 3.64. The molecule has 0 saturated heterocycles. The number of hydrogen-bond donors (Lipinski definition) is 1. The van der Waals surface area contributed by atoms with Crippen molar-refractivity contribution in [3.8, 4) is 0 Å². The number of aromatic nitrogens is 1. The van der Waals surface area contributed by atoms with Crippen LogP contribution in [0, 0.1) is 5.82 Å². The Labute approximate surface area is 127 Å². The molecule has 0 atom stereocenters. The second kappa shape index (κ2) is 6.54. The van der Waals surface area contributed by atoms with Crippen molar-refractivity contribution >= 4 is 28.9 Å². The van der Waals surface area contributed by atoms with Crippen LogP contribution >= 0.6 is 11.6 Å². The van der Waals surface area contributed by atoms with Gasteiger partial charge in [-0.05, 0) is 18.2 Å². The molecule has 0 radical (unpaired) electrons. The molecule has 0 fully saturated rings. The van der Waals surface area contributed by atoms with Crippen molar-refractivity contribution < 1.29 is 13.8 Å². The molecule has 0 bridgehead atoms. The first-order valence-electron chi connectivity index (χ1n) is 6.37. The molecule has 1 aromatic carbocycles. The van der Waals surface area contributed by atoms with Crippen LogP contribution in [0.4, 0.5) is 15.8 Å². The van der Waals surface area contributed by atoms with Gasteiger partial charge in [0.2, 0.25) is 6.54 Å². The second-order valence-corrected chi connectivity index (χ2v) is 5.20. The van der Waals surface area contributed by atoms with Gasteiger partial charge < -0.3 is 10.2 Å². The highest BCUT2D eigenvalue weighted by Gasteiger charge is 2.12. The molecular formula is C15H16ClFN3O+. The number of amides is 1. The van der Waals surface area contributed by atoms with E-state index in [1.54, 1.807) is 4.57 Å². The van der Waals surface area contributed by atoms with Crippen molar-refractivity contribution in [3.63, 3.8) is 0 Å². The summed E-state index contributed by atoms with van der Waals surface area (Å²) >= 11 is 5.87. The fraction of sp³-hybridized carbons (Fsp3) is 0.200. The number of rotatable bonds is 4. The lowest BCUT2D eigenvalue weighted by Crippen LogP contribution is -2.39. The number of pyridine rings is 1. The zero-order valence-electron chi connectivity index (χ0n) is 11.8. The monoisotopic (exact) mass is 308 g/mol. The summed E-state index contributed by atoms with van der Waals surface area (Å²) in [5.74, 6) is -0.669. The Kier molecular flexibility index (Phi) is 4.75. The standard InChI is InChI=1S/C15H15ClFN3O/c1-19(2)12-5-7-20(8-6-12)10-15(21)18-14-4-3-11(17)9-13(14)16/h3-9H,10H2,1-2H3/p+1. The van der Waals surface area contributed by atoms with Crippen LogP contribution < -0.4 is 14.8 Å². The van der Waals surface area contributed by atoms with Gasteiger partial charge in [-0.25, -0.2) is 4.39 Å². The molecule has 110 valence electrons. The van der Waals surface area contributed by atoms with E-state index in [9.17, 15) is 9.18 Å². The summed E-state index contributed by atoms with van der Waals surface area (Å²) in [5, 5.41) is 2.83. The molecule has 2 aromatic rings. The summed E-state index contributed by atoms with van der Waals surface area (Å²) in [6, 6.07) is 7.68. The van der Waals surface area contributed by atoms with Crippen molar-refractivity contribution in [1.29, 1.82) is 0 Å². The second-order valence-electron chi connectivity index (χ2n) is 4.80. The predicted molar refractivity (Wildman–Crippen MR) is 81.0 cm³/mol. The van der Waals surface area contributed by atoms with Gasteiger partial charge in [0.05, 0.1) is 10.7 Å². The molecule has 0 aliphatic carbocycles. The van der Waals surface area contributed by atoms with Crippen LogP contribution in [0.3, 0.4) is 0 Å². The molecule has 4 nitrogen and oxygen atoms in total. The Hall–Kier alpha value is -2.14. The van der Waals surface area contributed by atoms with Gasteiger partial charge in [0, 0.05) is 31.9 Å². The van der Waals surface area contributed by atoms with Crippen LogP contribution in [0.5, 0.6) is 0 Å². The lowest BCUT2D eigenvalue weighted by atomic mass is 10.3. The molecule has 0 saturated carbocycles. The van der Waals surface area contributed by atoms with Crippen molar-refractivity contribution in [2.24, 2.45) is 0 Å². The Morgan fingerprint density at radius 3 is 2.52 bits per heavy atom. The van der Waals surface area contributed by atoms with Crippen LogP contribution in [-0.2, 0) is 11.3 Å². The lowest BCUT2D eigenvalue weighted by Gasteiger charge is -2.10. The van der Waals surface area contributed by atoms with Crippen molar-refractivity contribution in [3.05, 3.63) is 53.6 Å². The lowest BCUT2D eigenvalue weighted by molar-refractivity contribution is -0.684. The van der Waals surface area contributed by atoms with Gasteiger partial charge >= 0.3 is 0 Å². The van der Waals surface area contributed by atoms with Crippen molar-refractivity contribution in [2.45, 2.75) is 6.54 Å². The first kappa shape index (κ1) is 15.3. The predicted octanol–water partition coefficient (Wildman–Crippen LogP) is 2.47. The zero-order valence-corrected chi connectivity index (χ0v) is 12.6. The summed E-state index contributed by atoms with van der Waals surface area (Å²) in [7, 11) is 3.89. The summed E-state index contributed by atoms with van der Waals surface area (Å²) in [4.78, 5) is 13.9. The van der Waals surface area contributed by atoms with E-state index in [0.29, 0.717) is 5.69 Å². The fourth-order valence-electron chi connectivity index (χ4n) is 1.80. The number of benzene rings is 1. The topological polar surface area (TPSA) is 36.2 Å². The molecule has 2 rings (SSSR count). The molecule has 1 amide bonds. The quantitative estimate of drug-likeness (QED) is 0.881. The van der Waals surface area contributed by atoms with Crippen molar-refractivity contribution in [2.75, 3.05) is 24.3 Å². The van der Waals surface area contributed by atoms with E-state index in [1.807, 2.05) is 43.5 Å². The number of carbonyl (C=O) groups is 1. The van der Waals surface area contributed by atoms with Gasteiger partial charge in [0.25, 0.3) is 5.91 Å². The number of halogens is 2. The molecule has 0 spiro atoms. The summed E-state index contributed by atoms with van der Waals surface area (Å²) in [5.41, 5.74) is 1.45. The van der Waals surface area contributed by atoms with Gasteiger partial charge in [-0.1, -0.05) is 11.6 Å². The Morgan fingerprint density at radius 1 is 1.29 bits per heavy atom. The third kappa shape index (κ3) is 4.16. The normalized spacial score (nSPS) is 10.3. The molecule has 1 aromatic heterocycles. The Balaban J connectivity index is 2.01. The number of anilines is 2. The highest BCUT2D eigenvalue weighted by atomic mass is 35.5. The molecule has 6 heteroatoms. The van der Waals surface area contributed by atoms with E-state index >= 15 is 0 Å². The van der Waals surface area contributed by atoms with E-state index < -0.39 is 5.82 Å². The summed E-state index contributed by atoms with van der Waals surface area (Å²) in [6.45, 7) is 0.154. The number of carbonyl (C=O) groups excluding carboxylic acids is 1. The maximum absolute atomic E-state index is 12.9. The average molecular weight is 309 g/mol. The first-order chi connectivity index (χ1) is 9.95. The zero-order chi connectivity index (χ0) is 15.4. The van der Waals surface area contributed by atoms with Crippen LogP contribution in [-0.4, -0.2) is 20.0 Å². The van der Waals surface area contributed by atoms with Crippen molar-refractivity contribution in [1.82, 2.24) is 0 Å². The number of nitrogens with zero attached hydrogens (tertiary/aromatic N) is 2. The minimum absolute atomic E-state index is 0.154. The Bertz CT molecular complexity index is 644. The third-order valence-corrected chi connectivity index (χ3v) is 3.23. The van der Waals surface area contributed by atoms with Crippen LogP contribution in [0.1, 0.15) is 0 Å². The molecule has 0 aliphatic heterocycles. The van der Waals surface area contributed by atoms with Gasteiger partial charge in [0.1, 0.15) is 5.82 Å². The van der Waals surface area contributed by atoms with E-state index in [0.717, 1.165) is 11.8 Å². The van der Waals surface area contributed by atoms with E-state index in [2.05, 4.69) is 5.32 Å². The van der Waals surface area contributed by atoms with Crippen LogP contribution in [0.2, 0.25) is 5.02 Å². The van der Waals surface area contributed by atoms with Gasteiger partial charge in [-0.15, -0.1) is 0 Å². The minimum Gasteiger partial charge on any atom is -0.377 e. The highest BCUT2D eigenvalue weighted by molar-refractivity contribution is 6.33. The highest BCUT2D eigenvalue weighted by Crippen LogP contribution is 2.22. The molecule has 21 heavy (non-hydrogen) atoms. The molecular weight excluding hydrogens is 293 g/mol. The first-order valence-corrected chi connectivity index (χ1v) is 6.75. The molecule has 0 unspecified atom stereocenters. The molecule has 0 aliphatic rings. The summed E-state index contributed by atoms with van der Waals surface area (Å²) < 4.78 is 14.7. The maximum Gasteiger partial charge on any atom is 0.290 e. The number of nitrogens with one attached hydrogen (secondary N) is 1. The Morgan fingerprint density at radius 2 is 1.95 bits per heavy atom. The fourth-order valence-corrected chi connectivity index (χ4v) is 2.01. The van der Waals surface area contributed by atoms with Gasteiger partial charge in [0.15, 0.2) is 12.4 Å². The minimum atomic E-state index is -0.438. The largest absolute Gasteiger partial charge is 0.377 e.